The minimum atomic E-state index is -0.818. The van der Waals surface area contributed by atoms with Gasteiger partial charge in [-0.3, -0.25) is 24.6 Å². The normalized spacial score (nSPS) is 18.8. The van der Waals surface area contributed by atoms with Crippen LogP contribution in [0.4, 0.5) is 5.69 Å². The van der Waals surface area contributed by atoms with Gasteiger partial charge in [-0.2, -0.15) is 0 Å². The van der Waals surface area contributed by atoms with Gasteiger partial charge in [0.15, 0.2) is 5.70 Å². The van der Waals surface area contributed by atoms with E-state index in [4.69, 9.17) is 4.74 Å². The van der Waals surface area contributed by atoms with E-state index in [1.807, 2.05) is 30.3 Å². The summed E-state index contributed by atoms with van der Waals surface area (Å²) in [5, 5.41) is 20.8. The maximum atomic E-state index is 13.1. The first-order chi connectivity index (χ1) is 18.7. The van der Waals surface area contributed by atoms with Crippen LogP contribution < -0.4 is 0 Å². The van der Waals surface area contributed by atoms with Crippen LogP contribution in [0.25, 0.3) is 0 Å². The number of rotatable bonds is 12. The number of nitro groups is 1. The number of benzene rings is 2. The van der Waals surface area contributed by atoms with Crippen molar-refractivity contribution >= 4 is 47.0 Å². The summed E-state index contributed by atoms with van der Waals surface area (Å²) in [5.74, 6) is -1.30. The number of nitrogens with zero attached hydrogens (tertiary/aromatic N) is 3. The third-order valence-electron chi connectivity index (χ3n) is 6.53. The number of aliphatic hydroxyl groups excluding tert-OH is 1. The SMILES string of the molecule is CC[C@H](O)[C@@H]1C(=O)N2C(C(=O)OCc3ccc([N+](=O)[O-])cc3)=C(SCCC(=O)N(C)Cc3ccccc3)S[C@H]12. The molecule has 3 atom stereocenters. The second kappa shape index (κ2) is 12.7. The summed E-state index contributed by atoms with van der Waals surface area (Å²) >= 11 is 2.64. The maximum absolute atomic E-state index is 13.1. The van der Waals surface area contributed by atoms with Crippen molar-refractivity contribution in [3.05, 3.63) is 85.8 Å². The van der Waals surface area contributed by atoms with Gasteiger partial charge in [0.1, 0.15) is 12.0 Å². The summed E-state index contributed by atoms with van der Waals surface area (Å²) in [7, 11) is 1.74. The van der Waals surface area contributed by atoms with E-state index in [1.165, 1.54) is 52.7 Å². The van der Waals surface area contributed by atoms with Gasteiger partial charge < -0.3 is 14.7 Å². The van der Waals surface area contributed by atoms with Gasteiger partial charge in [0.2, 0.25) is 11.8 Å². The highest BCUT2D eigenvalue weighted by Gasteiger charge is 2.58. The van der Waals surface area contributed by atoms with Crippen LogP contribution in [0.15, 0.2) is 64.5 Å². The highest BCUT2D eigenvalue weighted by molar-refractivity contribution is 8.22. The quantitative estimate of drug-likeness (QED) is 0.174. The highest BCUT2D eigenvalue weighted by atomic mass is 32.2. The molecule has 2 amide bonds. The molecule has 2 aromatic carbocycles. The summed E-state index contributed by atoms with van der Waals surface area (Å²) in [5.41, 5.74) is 1.63. The Bertz CT molecular complexity index is 1270. The second-order valence-electron chi connectivity index (χ2n) is 9.19. The molecule has 0 spiro atoms. The van der Waals surface area contributed by atoms with E-state index in [2.05, 4.69) is 0 Å². The van der Waals surface area contributed by atoms with Gasteiger partial charge in [0.05, 0.1) is 21.2 Å². The third-order valence-corrected chi connectivity index (χ3v) is 9.19. The molecule has 0 aliphatic carbocycles. The van der Waals surface area contributed by atoms with E-state index < -0.39 is 28.3 Å². The van der Waals surface area contributed by atoms with Gasteiger partial charge in [-0.05, 0) is 29.7 Å². The summed E-state index contributed by atoms with van der Waals surface area (Å²) < 4.78 is 6.05. The van der Waals surface area contributed by atoms with Gasteiger partial charge in [0.25, 0.3) is 5.69 Å². The number of hydrogen-bond acceptors (Lipinski definition) is 9. The fourth-order valence-corrected chi connectivity index (χ4v) is 7.17. The van der Waals surface area contributed by atoms with Crippen molar-refractivity contribution in [3.63, 3.8) is 0 Å². The number of thioether (sulfide) groups is 2. The molecule has 206 valence electrons. The smallest absolute Gasteiger partial charge is 0.357 e. The van der Waals surface area contributed by atoms with Crippen molar-refractivity contribution < 1.29 is 29.2 Å². The molecule has 10 nitrogen and oxygen atoms in total. The summed E-state index contributed by atoms with van der Waals surface area (Å²) in [4.78, 5) is 52.1. The summed E-state index contributed by atoms with van der Waals surface area (Å²) in [6.07, 6.45) is -0.171. The summed E-state index contributed by atoms with van der Waals surface area (Å²) in [6, 6.07) is 15.3. The van der Waals surface area contributed by atoms with Gasteiger partial charge >= 0.3 is 5.97 Å². The van der Waals surface area contributed by atoms with Gasteiger partial charge in [-0.15, -0.1) is 11.8 Å². The first kappa shape index (κ1) is 28.7. The Morgan fingerprint density at radius 3 is 2.51 bits per heavy atom. The van der Waals surface area contributed by atoms with Crippen LogP contribution in [0.3, 0.4) is 0 Å². The average Bonchev–Trinajstić information content (AvgIpc) is 3.26. The maximum Gasteiger partial charge on any atom is 0.357 e. The molecule has 2 aliphatic rings. The Balaban J connectivity index is 1.41. The molecular weight excluding hydrogens is 542 g/mol. The number of ether oxygens (including phenoxy) is 1. The predicted molar refractivity (Wildman–Crippen MR) is 148 cm³/mol. The van der Waals surface area contributed by atoms with E-state index in [9.17, 15) is 29.6 Å². The number of carbonyl (C=O) groups excluding carboxylic acids is 3. The van der Waals surface area contributed by atoms with Crippen molar-refractivity contribution in [3.8, 4) is 0 Å². The van der Waals surface area contributed by atoms with Gasteiger partial charge in [-0.1, -0.05) is 49.0 Å². The third kappa shape index (κ3) is 6.45. The number of carbonyl (C=O) groups is 3. The number of hydrogen-bond donors (Lipinski definition) is 1. The molecule has 4 rings (SSSR count). The number of aliphatic hydroxyl groups is 1. The molecule has 2 aliphatic heterocycles. The second-order valence-corrected chi connectivity index (χ2v) is 11.7. The molecule has 39 heavy (non-hydrogen) atoms. The zero-order valence-electron chi connectivity index (χ0n) is 21.5. The molecule has 1 saturated heterocycles. The zero-order chi connectivity index (χ0) is 28.1. The summed E-state index contributed by atoms with van der Waals surface area (Å²) in [6.45, 7) is 2.16. The van der Waals surface area contributed by atoms with Crippen LogP contribution in [0.5, 0.6) is 0 Å². The molecular formula is C27H29N3O7S2. The molecule has 2 heterocycles. The van der Waals surface area contributed by atoms with E-state index in [1.54, 1.807) is 18.9 Å². The number of non-ortho nitro benzene ring substituents is 1. The van der Waals surface area contributed by atoms with Crippen LogP contribution in [0.1, 0.15) is 30.9 Å². The number of fused-ring (bicyclic) bond motifs is 1. The fraction of sp³-hybridized carbons (Fsp3) is 0.370. The standard InChI is InChI=1S/C27H29N3O7S2/c1-3-20(31)22-24(33)29-23(26(34)37-16-18-9-11-19(12-10-18)30(35)36)27(39-25(22)29)38-14-13-21(32)28(2)15-17-7-5-4-6-8-17/h4-12,20,22,25,31H,3,13-16H2,1-2H3/t20-,22+,25+/m0/s1. The molecule has 0 radical (unpaired) electrons. The minimum absolute atomic E-state index is 0.0455. The largest absolute Gasteiger partial charge is 0.456 e. The van der Waals surface area contributed by atoms with Crippen LogP contribution >= 0.6 is 23.5 Å². The van der Waals surface area contributed by atoms with Crippen LogP contribution in [-0.2, 0) is 32.3 Å². The Morgan fingerprint density at radius 2 is 1.87 bits per heavy atom. The van der Waals surface area contributed by atoms with Crippen LogP contribution in [0, 0.1) is 16.0 Å². The molecule has 1 fully saturated rings. The first-order valence-electron chi connectivity index (χ1n) is 12.4. The monoisotopic (exact) mass is 571 g/mol. The molecule has 0 saturated carbocycles. The van der Waals surface area contributed by atoms with Crippen molar-refractivity contribution in [1.29, 1.82) is 0 Å². The Hall–Kier alpha value is -3.35. The fourth-order valence-electron chi connectivity index (χ4n) is 4.30. The minimum Gasteiger partial charge on any atom is -0.456 e. The number of β-lactam (4-membered cyclic amide) rings is 1. The van der Waals surface area contributed by atoms with E-state index >= 15 is 0 Å². The van der Waals surface area contributed by atoms with Crippen molar-refractivity contribution in [2.24, 2.45) is 5.92 Å². The zero-order valence-corrected chi connectivity index (χ0v) is 23.2. The first-order valence-corrected chi connectivity index (χ1v) is 14.3. The van der Waals surface area contributed by atoms with Crippen molar-refractivity contribution in [1.82, 2.24) is 9.80 Å². The Labute approximate surface area is 234 Å². The lowest BCUT2D eigenvalue weighted by atomic mass is 9.90. The van der Waals surface area contributed by atoms with Crippen LogP contribution in [-0.4, -0.2) is 61.9 Å². The molecule has 0 aromatic heterocycles. The number of esters is 1. The predicted octanol–water partition coefficient (Wildman–Crippen LogP) is 3.89. The van der Waals surface area contributed by atoms with Crippen molar-refractivity contribution in [2.45, 2.75) is 44.4 Å². The Morgan fingerprint density at radius 1 is 1.18 bits per heavy atom. The lowest BCUT2D eigenvalue weighted by Gasteiger charge is -2.44. The van der Waals surface area contributed by atoms with E-state index in [0.29, 0.717) is 28.5 Å². The lowest BCUT2D eigenvalue weighted by molar-refractivity contribution is -0.384. The van der Waals surface area contributed by atoms with Gasteiger partial charge in [0, 0.05) is 37.9 Å². The molecule has 0 bridgehead atoms. The molecule has 0 unspecified atom stereocenters. The van der Waals surface area contributed by atoms with Crippen molar-refractivity contribution in [2.75, 3.05) is 12.8 Å². The molecule has 2 aromatic rings. The van der Waals surface area contributed by atoms with E-state index in [0.717, 1.165) is 5.56 Å². The average molecular weight is 572 g/mol. The molecule has 12 heteroatoms. The van der Waals surface area contributed by atoms with Gasteiger partial charge in [-0.25, -0.2) is 4.79 Å². The lowest BCUT2D eigenvalue weighted by Crippen LogP contribution is -2.61. The highest BCUT2D eigenvalue weighted by Crippen LogP contribution is 2.54. The Kier molecular flexibility index (Phi) is 9.31. The number of nitro benzene ring substituents is 1. The van der Waals surface area contributed by atoms with E-state index in [-0.39, 0.29) is 36.2 Å². The van der Waals surface area contributed by atoms with Crippen LogP contribution in [0.2, 0.25) is 0 Å². The topological polar surface area (TPSA) is 130 Å². The molecule has 1 N–H and O–H groups in total. The number of amides is 2.